The number of para-hydroxylation sites is 1. The molecule has 2 heterocycles. The molecule has 3 aromatic rings. The number of hydrogen-bond acceptors (Lipinski definition) is 2. The number of nitrogens with one attached hydrogen (secondary N) is 2. The van der Waals surface area contributed by atoms with Crippen LogP contribution in [0.3, 0.4) is 0 Å². The maximum Gasteiger partial charge on any atom is 0.353 e. The summed E-state index contributed by atoms with van der Waals surface area (Å²) in [6.45, 7) is 1.95. The maximum atomic E-state index is 10.9. The highest BCUT2D eigenvalue weighted by atomic mass is 16.4. The van der Waals surface area contributed by atoms with E-state index in [2.05, 4.69) is 15.2 Å². The molecule has 1 aromatic carbocycles. The maximum absolute atomic E-state index is 10.9. The number of aryl methyl sites for hydroxylation is 1. The van der Waals surface area contributed by atoms with Gasteiger partial charge in [0.1, 0.15) is 5.69 Å². The molecular weight excluding hydrogens is 230 g/mol. The van der Waals surface area contributed by atoms with Crippen molar-refractivity contribution in [2.75, 3.05) is 0 Å². The summed E-state index contributed by atoms with van der Waals surface area (Å²) in [5.74, 6) is -1.01. The Kier molecular flexibility index (Phi) is 2.19. The lowest BCUT2D eigenvalue weighted by molar-refractivity contribution is 0.0690. The lowest BCUT2D eigenvalue weighted by atomic mass is 10.1. The van der Waals surface area contributed by atoms with Gasteiger partial charge in [0.2, 0.25) is 0 Å². The number of benzene rings is 1. The van der Waals surface area contributed by atoms with Crippen molar-refractivity contribution in [2.45, 2.75) is 6.92 Å². The van der Waals surface area contributed by atoms with Crippen molar-refractivity contribution in [2.24, 2.45) is 0 Å². The number of rotatable bonds is 2. The Balaban J connectivity index is 2.24. The van der Waals surface area contributed by atoms with Gasteiger partial charge in [-0.3, -0.25) is 5.10 Å². The van der Waals surface area contributed by atoms with E-state index in [1.54, 1.807) is 6.07 Å². The third-order valence-corrected chi connectivity index (χ3v) is 2.96. The average Bonchev–Trinajstić information content (AvgIpc) is 2.91. The van der Waals surface area contributed by atoms with Gasteiger partial charge >= 0.3 is 5.97 Å². The van der Waals surface area contributed by atoms with Crippen molar-refractivity contribution in [1.82, 2.24) is 15.2 Å². The lowest BCUT2D eigenvalue weighted by Gasteiger charge is -1.95. The normalized spacial score (nSPS) is 10.9. The van der Waals surface area contributed by atoms with Gasteiger partial charge in [-0.25, -0.2) is 4.79 Å². The standard InChI is InChI=1S/C13H11N3O2/c1-7-12(8-4-2-3-5-9(8)14-7)10-6-11(13(17)18)16-15-10/h2-6,14H,1H3,(H,15,16)(H,17,18). The fraction of sp³-hybridized carbons (Fsp3) is 0.0769. The summed E-state index contributed by atoms with van der Waals surface area (Å²) in [6.07, 6.45) is 0. The third-order valence-electron chi connectivity index (χ3n) is 2.96. The highest BCUT2D eigenvalue weighted by molar-refractivity contribution is 5.97. The highest BCUT2D eigenvalue weighted by Crippen LogP contribution is 2.30. The van der Waals surface area contributed by atoms with E-state index in [1.165, 1.54) is 0 Å². The number of aromatic amines is 2. The predicted octanol–water partition coefficient (Wildman–Crippen LogP) is 2.56. The summed E-state index contributed by atoms with van der Waals surface area (Å²) in [7, 11) is 0. The molecule has 0 atom stereocenters. The molecule has 3 rings (SSSR count). The molecule has 5 heteroatoms. The highest BCUT2D eigenvalue weighted by Gasteiger charge is 2.15. The molecule has 90 valence electrons. The first-order valence-electron chi connectivity index (χ1n) is 5.53. The van der Waals surface area contributed by atoms with Crippen LogP contribution in [0.4, 0.5) is 0 Å². The van der Waals surface area contributed by atoms with Crippen molar-refractivity contribution >= 4 is 16.9 Å². The summed E-state index contributed by atoms with van der Waals surface area (Å²) >= 11 is 0. The van der Waals surface area contributed by atoms with Crippen LogP contribution < -0.4 is 0 Å². The molecular formula is C13H11N3O2. The largest absolute Gasteiger partial charge is 0.477 e. The van der Waals surface area contributed by atoms with Gasteiger partial charge in [-0.1, -0.05) is 18.2 Å². The van der Waals surface area contributed by atoms with E-state index in [9.17, 15) is 4.79 Å². The Morgan fingerprint density at radius 1 is 1.33 bits per heavy atom. The smallest absolute Gasteiger partial charge is 0.353 e. The molecule has 0 saturated carbocycles. The quantitative estimate of drug-likeness (QED) is 0.644. The van der Waals surface area contributed by atoms with Crippen LogP contribution in [0.2, 0.25) is 0 Å². The number of aromatic nitrogens is 3. The van der Waals surface area contributed by atoms with Gasteiger partial charge in [-0.05, 0) is 19.1 Å². The first-order chi connectivity index (χ1) is 8.66. The molecule has 0 unspecified atom stereocenters. The third kappa shape index (κ3) is 1.48. The molecule has 2 aromatic heterocycles. The molecule has 0 aliphatic heterocycles. The van der Waals surface area contributed by atoms with Gasteiger partial charge in [-0.15, -0.1) is 0 Å². The van der Waals surface area contributed by atoms with E-state index in [4.69, 9.17) is 5.11 Å². The van der Waals surface area contributed by atoms with Crippen LogP contribution in [-0.2, 0) is 0 Å². The molecule has 0 aliphatic carbocycles. The van der Waals surface area contributed by atoms with Crippen LogP contribution in [0.25, 0.3) is 22.2 Å². The Bertz CT molecular complexity index is 740. The van der Waals surface area contributed by atoms with Gasteiger partial charge in [0, 0.05) is 22.2 Å². The number of carboxylic acids is 1. The average molecular weight is 241 g/mol. The summed E-state index contributed by atoms with van der Waals surface area (Å²) in [6, 6.07) is 9.42. The minimum absolute atomic E-state index is 0.0923. The molecule has 0 amide bonds. The summed E-state index contributed by atoms with van der Waals surface area (Å²) in [4.78, 5) is 14.1. The second-order valence-corrected chi connectivity index (χ2v) is 4.14. The minimum Gasteiger partial charge on any atom is -0.477 e. The van der Waals surface area contributed by atoms with Crippen LogP contribution in [-0.4, -0.2) is 26.3 Å². The number of hydrogen-bond donors (Lipinski definition) is 3. The first-order valence-corrected chi connectivity index (χ1v) is 5.53. The summed E-state index contributed by atoms with van der Waals surface area (Å²) < 4.78 is 0. The van der Waals surface area contributed by atoms with Crippen molar-refractivity contribution in [3.8, 4) is 11.3 Å². The van der Waals surface area contributed by atoms with E-state index in [-0.39, 0.29) is 5.69 Å². The second kappa shape index (κ2) is 3.73. The van der Waals surface area contributed by atoms with Crippen LogP contribution in [0.1, 0.15) is 16.2 Å². The predicted molar refractivity (Wildman–Crippen MR) is 67.6 cm³/mol. The Hall–Kier alpha value is -2.56. The number of carbonyl (C=O) groups is 1. The van der Waals surface area contributed by atoms with Crippen LogP contribution in [0.5, 0.6) is 0 Å². The van der Waals surface area contributed by atoms with E-state index in [1.807, 2.05) is 31.2 Å². The molecule has 0 bridgehead atoms. The van der Waals surface area contributed by atoms with Gasteiger partial charge in [0.05, 0.1) is 5.69 Å². The van der Waals surface area contributed by atoms with Gasteiger partial charge < -0.3 is 10.1 Å². The van der Waals surface area contributed by atoms with Crippen molar-refractivity contribution in [1.29, 1.82) is 0 Å². The topological polar surface area (TPSA) is 81.8 Å². The lowest BCUT2D eigenvalue weighted by Crippen LogP contribution is -1.95. The fourth-order valence-electron chi connectivity index (χ4n) is 2.17. The van der Waals surface area contributed by atoms with Crippen LogP contribution >= 0.6 is 0 Å². The molecule has 0 aliphatic rings. The molecule has 0 fully saturated rings. The van der Waals surface area contributed by atoms with E-state index >= 15 is 0 Å². The Morgan fingerprint density at radius 3 is 2.83 bits per heavy atom. The molecule has 0 spiro atoms. The van der Waals surface area contributed by atoms with E-state index in [0.29, 0.717) is 5.69 Å². The SMILES string of the molecule is Cc1[nH]c2ccccc2c1-c1cc(C(=O)O)[nH]n1. The Labute approximate surface area is 102 Å². The van der Waals surface area contributed by atoms with Gasteiger partial charge in [0.25, 0.3) is 0 Å². The number of nitrogens with zero attached hydrogens (tertiary/aromatic N) is 1. The van der Waals surface area contributed by atoms with E-state index < -0.39 is 5.97 Å². The zero-order chi connectivity index (χ0) is 12.7. The number of H-pyrrole nitrogens is 2. The number of carboxylic acid groups (broad SMARTS) is 1. The molecule has 18 heavy (non-hydrogen) atoms. The van der Waals surface area contributed by atoms with Crippen LogP contribution in [0.15, 0.2) is 30.3 Å². The molecule has 0 saturated heterocycles. The number of fused-ring (bicyclic) bond motifs is 1. The molecule has 5 nitrogen and oxygen atoms in total. The fourth-order valence-corrected chi connectivity index (χ4v) is 2.17. The molecule has 0 radical (unpaired) electrons. The Morgan fingerprint density at radius 2 is 2.11 bits per heavy atom. The van der Waals surface area contributed by atoms with Gasteiger partial charge in [0.15, 0.2) is 0 Å². The van der Waals surface area contributed by atoms with Gasteiger partial charge in [-0.2, -0.15) is 5.10 Å². The molecule has 3 N–H and O–H groups in total. The zero-order valence-corrected chi connectivity index (χ0v) is 9.69. The number of aromatic carboxylic acids is 1. The minimum atomic E-state index is -1.01. The summed E-state index contributed by atoms with van der Waals surface area (Å²) in [5, 5.41) is 16.5. The van der Waals surface area contributed by atoms with Crippen molar-refractivity contribution in [3.05, 3.63) is 41.7 Å². The van der Waals surface area contributed by atoms with E-state index in [0.717, 1.165) is 22.2 Å². The first kappa shape index (κ1) is 10.6. The van der Waals surface area contributed by atoms with Crippen LogP contribution in [0, 0.1) is 6.92 Å². The second-order valence-electron chi connectivity index (χ2n) is 4.14. The van der Waals surface area contributed by atoms with Crippen molar-refractivity contribution in [3.63, 3.8) is 0 Å². The monoisotopic (exact) mass is 241 g/mol. The zero-order valence-electron chi connectivity index (χ0n) is 9.69. The van der Waals surface area contributed by atoms with Crippen molar-refractivity contribution < 1.29 is 9.90 Å². The summed E-state index contributed by atoms with van der Waals surface area (Å²) in [5.41, 5.74) is 3.66.